The molecule has 1 saturated carbocycles. The Bertz CT molecular complexity index is 608. The SMILES string of the molecule is O=C(O)CCN(C1CC1)S(=O)(=O)c1c(Cl)cccc1Cl. The Hall–Kier alpha value is -0.820. The first-order chi connectivity index (χ1) is 9.34. The number of benzene rings is 1. The van der Waals surface area contributed by atoms with E-state index in [0.717, 1.165) is 12.8 Å². The molecule has 5 nitrogen and oxygen atoms in total. The fourth-order valence-electron chi connectivity index (χ4n) is 1.91. The van der Waals surface area contributed by atoms with Gasteiger partial charge in [0.25, 0.3) is 0 Å². The predicted octanol–water partition coefficient (Wildman–Crippen LogP) is 2.62. The highest BCUT2D eigenvalue weighted by Crippen LogP contribution is 2.37. The molecule has 0 aliphatic heterocycles. The van der Waals surface area contributed by atoms with Crippen LogP contribution in [-0.2, 0) is 14.8 Å². The average molecular weight is 338 g/mol. The number of halogens is 2. The van der Waals surface area contributed by atoms with Crippen molar-refractivity contribution >= 4 is 39.2 Å². The molecule has 0 atom stereocenters. The van der Waals surface area contributed by atoms with Crippen molar-refractivity contribution in [3.63, 3.8) is 0 Å². The molecule has 1 aromatic rings. The Kier molecular flexibility index (Phi) is 4.59. The van der Waals surface area contributed by atoms with Crippen molar-refractivity contribution in [1.82, 2.24) is 4.31 Å². The molecule has 20 heavy (non-hydrogen) atoms. The van der Waals surface area contributed by atoms with Crippen LogP contribution in [0.2, 0.25) is 10.0 Å². The maximum atomic E-state index is 12.6. The minimum Gasteiger partial charge on any atom is -0.481 e. The van der Waals surface area contributed by atoms with Gasteiger partial charge >= 0.3 is 5.97 Å². The van der Waals surface area contributed by atoms with Crippen LogP contribution in [0.1, 0.15) is 19.3 Å². The Morgan fingerprint density at radius 1 is 1.30 bits per heavy atom. The standard InChI is InChI=1S/C12H13Cl2NO4S/c13-9-2-1-3-10(14)12(9)20(18,19)15(8-4-5-8)7-6-11(16)17/h1-3,8H,4-7H2,(H,16,17). The molecular formula is C12H13Cl2NO4S. The van der Waals surface area contributed by atoms with Gasteiger partial charge < -0.3 is 5.11 Å². The molecule has 0 saturated heterocycles. The molecule has 0 amide bonds. The molecule has 8 heteroatoms. The van der Waals surface area contributed by atoms with Gasteiger partial charge in [-0.15, -0.1) is 0 Å². The van der Waals surface area contributed by atoms with Gasteiger partial charge in [-0.2, -0.15) is 4.31 Å². The number of aliphatic carboxylic acids is 1. The van der Waals surface area contributed by atoms with E-state index in [2.05, 4.69) is 0 Å². The Balaban J connectivity index is 2.38. The molecule has 1 aromatic carbocycles. The zero-order valence-corrected chi connectivity index (χ0v) is 12.7. The summed E-state index contributed by atoms with van der Waals surface area (Å²) in [6, 6.07) is 4.29. The minimum absolute atomic E-state index is 0.0403. The molecule has 110 valence electrons. The van der Waals surface area contributed by atoms with Gasteiger partial charge in [0.1, 0.15) is 4.90 Å². The largest absolute Gasteiger partial charge is 0.481 e. The fraction of sp³-hybridized carbons (Fsp3) is 0.417. The topological polar surface area (TPSA) is 74.7 Å². The molecule has 0 aromatic heterocycles. The highest BCUT2D eigenvalue weighted by Gasteiger charge is 2.39. The van der Waals surface area contributed by atoms with Crippen molar-refractivity contribution in [3.05, 3.63) is 28.2 Å². The maximum absolute atomic E-state index is 12.6. The summed E-state index contributed by atoms with van der Waals surface area (Å²) in [7, 11) is -3.89. The lowest BCUT2D eigenvalue weighted by atomic mass is 10.4. The van der Waals surface area contributed by atoms with Crippen molar-refractivity contribution in [2.24, 2.45) is 0 Å². The van der Waals surface area contributed by atoms with Crippen LogP contribution in [0.4, 0.5) is 0 Å². The summed E-state index contributed by atoms with van der Waals surface area (Å²) in [5.74, 6) is -1.05. The van der Waals surface area contributed by atoms with Crippen molar-refractivity contribution in [3.8, 4) is 0 Å². The van der Waals surface area contributed by atoms with Gasteiger partial charge in [-0.05, 0) is 25.0 Å². The second-order valence-corrected chi connectivity index (χ2v) is 7.18. The van der Waals surface area contributed by atoms with Crippen LogP contribution in [0.5, 0.6) is 0 Å². The molecule has 0 radical (unpaired) electrons. The smallest absolute Gasteiger partial charge is 0.304 e. The van der Waals surface area contributed by atoms with E-state index in [1.807, 2.05) is 0 Å². The van der Waals surface area contributed by atoms with Crippen molar-refractivity contribution in [1.29, 1.82) is 0 Å². The van der Waals surface area contributed by atoms with Crippen LogP contribution >= 0.6 is 23.2 Å². The maximum Gasteiger partial charge on any atom is 0.304 e. The third-order valence-corrected chi connectivity index (χ3v) is 5.89. The van der Waals surface area contributed by atoms with Crippen molar-refractivity contribution < 1.29 is 18.3 Å². The van der Waals surface area contributed by atoms with E-state index in [1.54, 1.807) is 6.07 Å². The fourth-order valence-corrected chi connectivity index (χ4v) is 4.69. The zero-order chi connectivity index (χ0) is 14.9. The lowest BCUT2D eigenvalue weighted by molar-refractivity contribution is -0.137. The number of nitrogens with zero attached hydrogens (tertiary/aromatic N) is 1. The lowest BCUT2D eigenvalue weighted by Gasteiger charge is -2.22. The third-order valence-electron chi connectivity index (χ3n) is 2.99. The summed E-state index contributed by atoms with van der Waals surface area (Å²) in [4.78, 5) is 10.5. The van der Waals surface area contributed by atoms with Crippen LogP contribution in [0.25, 0.3) is 0 Å². The van der Waals surface area contributed by atoms with E-state index in [1.165, 1.54) is 16.4 Å². The summed E-state index contributed by atoms with van der Waals surface area (Å²) in [6.45, 7) is -0.0795. The molecule has 1 aliphatic carbocycles. The number of hydrogen-bond acceptors (Lipinski definition) is 3. The second kappa shape index (κ2) is 5.89. The first kappa shape index (κ1) is 15.6. The molecule has 1 fully saturated rings. The number of carbonyl (C=O) groups is 1. The molecule has 2 rings (SSSR count). The summed E-state index contributed by atoms with van der Waals surface area (Å²) >= 11 is 11.9. The zero-order valence-electron chi connectivity index (χ0n) is 10.4. The molecule has 1 aliphatic rings. The van der Waals surface area contributed by atoms with Gasteiger partial charge in [0, 0.05) is 12.6 Å². The van der Waals surface area contributed by atoms with E-state index in [9.17, 15) is 13.2 Å². The second-order valence-electron chi connectivity index (χ2n) is 4.54. The lowest BCUT2D eigenvalue weighted by Crippen LogP contribution is -2.35. The first-order valence-corrected chi connectivity index (χ1v) is 8.21. The van der Waals surface area contributed by atoms with E-state index < -0.39 is 16.0 Å². The normalized spacial score (nSPS) is 15.6. The van der Waals surface area contributed by atoms with E-state index in [4.69, 9.17) is 28.3 Å². The van der Waals surface area contributed by atoms with Gasteiger partial charge in [0.15, 0.2) is 0 Å². The highest BCUT2D eigenvalue weighted by atomic mass is 35.5. The number of sulfonamides is 1. The molecule has 0 heterocycles. The Labute approximate surface area is 127 Å². The summed E-state index contributed by atoms with van der Waals surface area (Å²) in [5.41, 5.74) is 0. The molecule has 1 N–H and O–H groups in total. The van der Waals surface area contributed by atoms with Gasteiger partial charge in [-0.1, -0.05) is 29.3 Å². The van der Waals surface area contributed by atoms with E-state index in [0.29, 0.717) is 0 Å². The molecule has 0 bridgehead atoms. The van der Waals surface area contributed by atoms with E-state index in [-0.39, 0.29) is 33.9 Å². The summed E-state index contributed by atoms with van der Waals surface area (Å²) in [5, 5.41) is 8.82. The van der Waals surface area contributed by atoms with Gasteiger partial charge in [-0.25, -0.2) is 8.42 Å². The highest BCUT2D eigenvalue weighted by molar-refractivity contribution is 7.89. The van der Waals surface area contributed by atoms with Crippen LogP contribution in [-0.4, -0.2) is 36.4 Å². The van der Waals surface area contributed by atoms with Crippen LogP contribution in [0.15, 0.2) is 23.1 Å². The molecule has 0 unspecified atom stereocenters. The number of carboxylic acids is 1. The van der Waals surface area contributed by atoms with Gasteiger partial charge in [-0.3, -0.25) is 4.79 Å². The minimum atomic E-state index is -3.89. The van der Waals surface area contributed by atoms with Crippen LogP contribution < -0.4 is 0 Å². The van der Waals surface area contributed by atoms with Crippen LogP contribution in [0, 0.1) is 0 Å². The summed E-state index contributed by atoms with van der Waals surface area (Å²) in [6.07, 6.45) is 1.19. The number of rotatable bonds is 6. The van der Waals surface area contributed by atoms with Gasteiger partial charge in [0.2, 0.25) is 10.0 Å². The number of carboxylic acid groups (broad SMARTS) is 1. The van der Waals surface area contributed by atoms with Gasteiger partial charge in [0.05, 0.1) is 16.5 Å². The van der Waals surface area contributed by atoms with E-state index >= 15 is 0 Å². The third kappa shape index (κ3) is 3.25. The van der Waals surface area contributed by atoms with Crippen molar-refractivity contribution in [2.75, 3.05) is 6.54 Å². The van der Waals surface area contributed by atoms with Crippen LogP contribution in [0.3, 0.4) is 0 Å². The quantitative estimate of drug-likeness (QED) is 0.865. The molecular weight excluding hydrogens is 325 g/mol. The Morgan fingerprint density at radius 2 is 1.85 bits per heavy atom. The Morgan fingerprint density at radius 3 is 2.30 bits per heavy atom. The summed E-state index contributed by atoms with van der Waals surface area (Å²) < 4.78 is 26.5. The first-order valence-electron chi connectivity index (χ1n) is 6.01. The van der Waals surface area contributed by atoms with Crippen molar-refractivity contribution in [2.45, 2.75) is 30.2 Å². The average Bonchev–Trinajstić information content (AvgIpc) is 3.12. The number of hydrogen-bond donors (Lipinski definition) is 1. The molecule has 0 spiro atoms. The monoisotopic (exact) mass is 337 g/mol. The predicted molar refractivity (Wildman–Crippen MR) is 75.6 cm³/mol.